The van der Waals surface area contributed by atoms with Gasteiger partial charge in [-0.05, 0) is 48.2 Å². The Bertz CT molecular complexity index is 673. The maximum Gasteiger partial charge on any atom is 0.260 e. The van der Waals surface area contributed by atoms with Crippen molar-refractivity contribution >= 4 is 5.91 Å². The van der Waals surface area contributed by atoms with E-state index >= 15 is 0 Å². The zero-order valence-corrected chi connectivity index (χ0v) is 13.2. The van der Waals surface area contributed by atoms with E-state index in [1.54, 1.807) is 31.6 Å². The van der Waals surface area contributed by atoms with Crippen LogP contribution in [0.4, 0.5) is 0 Å². The zero-order valence-electron chi connectivity index (χ0n) is 13.2. The first kappa shape index (κ1) is 15.3. The van der Waals surface area contributed by atoms with Crippen LogP contribution in [0.15, 0.2) is 42.7 Å². The molecule has 1 amide bonds. The normalized spacial score (nSPS) is 13.9. The smallest absolute Gasteiger partial charge is 0.260 e. The SMILES string of the molecule is COc1ccc2c(c1)CCCN(C(=O)COc1cccnc1)C2. The lowest BCUT2D eigenvalue weighted by molar-refractivity contribution is -0.134. The summed E-state index contributed by atoms with van der Waals surface area (Å²) in [6.45, 7) is 1.40. The summed E-state index contributed by atoms with van der Waals surface area (Å²) in [5.41, 5.74) is 2.44. The number of pyridine rings is 1. The molecule has 1 aromatic carbocycles. The lowest BCUT2D eigenvalue weighted by Gasteiger charge is -2.21. The number of hydrogen-bond donors (Lipinski definition) is 0. The molecule has 2 heterocycles. The molecule has 0 fully saturated rings. The molecule has 0 saturated heterocycles. The maximum absolute atomic E-state index is 12.4. The number of amides is 1. The Balaban J connectivity index is 1.64. The molecule has 5 heteroatoms. The van der Waals surface area contributed by atoms with Gasteiger partial charge in [-0.25, -0.2) is 0 Å². The molecule has 5 nitrogen and oxygen atoms in total. The third-order valence-corrected chi connectivity index (χ3v) is 4.00. The maximum atomic E-state index is 12.4. The second kappa shape index (κ2) is 7.13. The standard InChI is InChI=1S/C18H20N2O3/c1-22-16-7-6-15-12-20(9-3-4-14(15)10-16)18(21)13-23-17-5-2-8-19-11-17/h2,5-8,10-11H,3-4,9,12-13H2,1H3. The summed E-state index contributed by atoms with van der Waals surface area (Å²) in [7, 11) is 1.67. The van der Waals surface area contributed by atoms with Crippen LogP contribution >= 0.6 is 0 Å². The number of benzene rings is 1. The van der Waals surface area contributed by atoms with Crippen molar-refractivity contribution in [3.05, 3.63) is 53.9 Å². The molecule has 0 unspecified atom stereocenters. The van der Waals surface area contributed by atoms with Crippen LogP contribution in [0, 0.1) is 0 Å². The Hall–Kier alpha value is -2.56. The van der Waals surface area contributed by atoms with Crippen molar-refractivity contribution in [2.75, 3.05) is 20.3 Å². The lowest BCUT2D eigenvalue weighted by Crippen LogP contribution is -2.34. The molecule has 23 heavy (non-hydrogen) atoms. The molecule has 120 valence electrons. The minimum atomic E-state index is -0.00230. The highest BCUT2D eigenvalue weighted by Gasteiger charge is 2.19. The van der Waals surface area contributed by atoms with Crippen molar-refractivity contribution in [3.8, 4) is 11.5 Å². The molecule has 0 atom stereocenters. The highest BCUT2D eigenvalue weighted by molar-refractivity contribution is 5.78. The Morgan fingerprint density at radius 3 is 2.96 bits per heavy atom. The lowest BCUT2D eigenvalue weighted by atomic mass is 10.0. The Morgan fingerprint density at radius 2 is 2.17 bits per heavy atom. The van der Waals surface area contributed by atoms with Gasteiger partial charge in [-0.15, -0.1) is 0 Å². The predicted molar refractivity (Wildman–Crippen MR) is 86.5 cm³/mol. The van der Waals surface area contributed by atoms with Crippen LogP contribution in [-0.2, 0) is 17.8 Å². The third kappa shape index (κ3) is 3.80. The average molecular weight is 312 g/mol. The largest absolute Gasteiger partial charge is 0.497 e. The van der Waals surface area contributed by atoms with Crippen LogP contribution in [0.25, 0.3) is 0 Å². The van der Waals surface area contributed by atoms with Crippen molar-refractivity contribution in [1.82, 2.24) is 9.88 Å². The number of methoxy groups -OCH3 is 1. The van der Waals surface area contributed by atoms with Crippen LogP contribution < -0.4 is 9.47 Å². The van der Waals surface area contributed by atoms with E-state index < -0.39 is 0 Å². The van der Waals surface area contributed by atoms with E-state index in [2.05, 4.69) is 11.1 Å². The first-order valence-corrected chi connectivity index (χ1v) is 7.72. The summed E-state index contributed by atoms with van der Waals surface area (Å²) in [5.74, 6) is 1.47. The molecule has 2 aromatic rings. The van der Waals surface area contributed by atoms with Gasteiger partial charge in [0.2, 0.25) is 0 Å². The molecule has 3 rings (SSSR count). The van der Waals surface area contributed by atoms with Gasteiger partial charge in [-0.2, -0.15) is 0 Å². The van der Waals surface area contributed by atoms with Crippen molar-refractivity contribution in [2.24, 2.45) is 0 Å². The topological polar surface area (TPSA) is 51.7 Å². The van der Waals surface area contributed by atoms with Gasteiger partial charge < -0.3 is 14.4 Å². The van der Waals surface area contributed by atoms with Gasteiger partial charge in [-0.1, -0.05) is 6.07 Å². The van der Waals surface area contributed by atoms with E-state index in [1.165, 1.54) is 11.1 Å². The quantitative estimate of drug-likeness (QED) is 0.870. The number of aryl methyl sites for hydroxylation is 1. The summed E-state index contributed by atoms with van der Waals surface area (Å²) in [4.78, 5) is 18.2. The Morgan fingerprint density at radius 1 is 1.26 bits per heavy atom. The Kier molecular flexibility index (Phi) is 4.76. The third-order valence-electron chi connectivity index (χ3n) is 4.00. The molecule has 0 spiro atoms. The van der Waals surface area contributed by atoms with Crippen LogP contribution in [0.5, 0.6) is 11.5 Å². The summed E-state index contributed by atoms with van der Waals surface area (Å²) in [5, 5.41) is 0. The second-order valence-electron chi connectivity index (χ2n) is 5.53. The number of carbonyl (C=O) groups is 1. The van der Waals surface area contributed by atoms with Gasteiger partial charge in [-0.3, -0.25) is 9.78 Å². The van der Waals surface area contributed by atoms with Crippen LogP contribution in [0.1, 0.15) is 17.5 Å². The first-order valence-electron chi connectivity index (χ1n) is 7.72. The molecule has 1 aromatic heterocycles. The molecule has 0 aliphatic carbocycles. The van der Waals surface area contributed by atoms with Gasteiger partial charge in [0.15, 0.2) is 6.61 Å². The van der Waals surface area contributed by atoms with Crippen LogP contribution in [0.2, 0.25) is 0 Å². The van der Waals surface area contributed by atoms with Crippen molar-refractivity contribution in [1.29, 1.82) is 0 Å². The molecule has 0 bridgehead atoms. The van der Waals surface area contributed by atoms with E-state index in [4.69, 9.17) is 9.47 Å². The minimum Gasteiger partial charge on any atom is -0.497 e. The fraction of sp³-hybridized carbons (Fsp3) is 0.333. The second-order valence-corrected chi connectivity index (χ2v) is 5.53. The molecular weight excluding hydrogens is 292 g/mol. The number of carbonyl (C=O) groups excluding carboxylic acids is 1. The molecule has 0 N–H and O–H groups in total. The monoisotopic (exact) mass is 312 g/mol. The van der Waals surface area contributed by atoms with E-state index in [-0.39, 0.29) is 12.5 Å². The van der Waals surface area contributed by atoms with E-state index in [0.29, 0.717) is 12.3 Å². The summed E-state index contributed by atoms with van der Waals surface area (Å²) < 4.78 is 10.8. The number of aromatic nitrogens is 1. The van der Waals surface area contributed by atoms with Crippen LogP contribution in [-0.4, -0.2) is 36.1 Å². The van der Waals surface area contributed by atoms with Gasteiger partial charge in [0.05, 0.1) is 13.3 Å². The van der Waals surface area contributed by atoms with E-state index in [9.17, 15) is 4.79 Å². The fourth-order valence-electron chi connectivity index (χ4n) is 2.74. The van der Waals surface area contributed by atoms with Crippen molar-refractivity contribution in [2.45, 2.75) is 19.4 Å². The number of nitrogens with zero attached hydrogens (tertiary/aromatic N) is 2. The van der Waals surface area contributed by atoms with E-state index in [1.807, 2.05) is 17.0 Å². The van der Waals surface area contributed by atoms with Gasteiger partial charge in [0.25, 0.3) is 5.91 Å². The highest BCUT2D eigenvalue weighted by atomic mass is 16.5. The summed E-state index contributed by atoms with van der Waals surface area (Å²) >= 11 is 0. The summed E-state index contributed by atoms with van der Waals surface area (Å²) in [6, 6.07) is 9.63. The Labute approximate surface area is 135 Å². The first-order chi connectivity index (χ1) is 11.3. The average Bonchev–Trinajstić information content (AvgIpc) is 2.82. The number of rotatable bonds is 4. The van der Waals surface area contributed by atoms with Gasteiger partial charge >= 0.3 is 0 Å². The van der Waals surface area contributed by atoms with Crippen molar-refractivity contribution < 1.29 is 14.3 Å². The molecule has 1 aliphatic heterocycles. The molecular formula is C18H20N2O3. The number of fused-ring (bicyclic) bond motifs is 1. The molecule has 0 radical (unpaired) electrons. The number of ether oxygens (including phenoxy) is 2. The van der Waals surface area contributed by atoms with E-state index in [0.717, 1.165) is 25.1 Å². The van der Waals surface area contributed by atoms with Crippen LogP contribution in [0.3, 0.4) is 0 Å². The van der Waals surface area contributed by atoms with Gasteiger partial charge in [0, 0.05) is 19.3 Å². The zero-order chi connectivity index (χ0) is 16.1. The summed E-state index contributed by atoms with van der Waals surface area (Å²) in [6.07, 6.45) is 5.19. The van der Waals surface area contributed by atoms with Crippen molar-refractivity contribution in [3.63, 3.8) is 0 Å². The number of hydrogen-bond acceptors (Lipinski definition) is 4. The highest BCUT2D eigenvalue weighted by Crippen LogP contribution is 2.23. The predicted octanol–water partition coefficient (Wildman–Crippen LogP) is 2.44. The minimum absolute atomic E-state index is 0.00230. The van der Waals surface area contributed by atoms with Gasteiger partial charge in [0.1, 0.15) is 11.5 Å². The molecule has 0 saturated carbocycles. The fourth-order valence-corrected chi connectivity index (χ4v) is 2.74. The molecule has 1 aliphatic rings.